The molecule has 0 bridgehead atoms. The highest BCUT2D eigenvalue weighted by molar-refractivity contribution is 5.44. The summed E-state index contributed by atoms with van der Waals surface area (Å²) in [7, 11) is 0. The highest BCUT2D eigenvalue weighted by atomic mass is 15.4. The van der Waals surface area contributed by atoms with Crippen molar-refractivity contribution >= 4 is 11.5 Å². The molecule has 0 spiro atoms. The predicted octanol–water partition coefficient (Wildman–Crippen LogP) is 3.02. The van der Waals surface area contributed by atoms with Crippen LogP contribution in [0.3, 0.4) is 0 Å². The van der Waals surface area contributed by atoms with Gasteiger partial charge in [-0.3, -0.25) is 0 Å². The quantitative estimate of drug-likeness (QED) is 0.919. The maximum atomic E-state index is 4.62. The molecule has 0 aliphatic carbocycles. The summed E-state index contributed by atoms with van der Waals surface area (Å²) >= 11 is 0. The second-order valence-corrected chi connectivity index (χ2v) is 5.92. The lowest BCUT2D eigenvalue weighted by Crippen LogP contribution is -2.20. The van der Waals surface area contributed by atoms with E-state index in [-0.39, 0.29) is 5.41 Å². The van der Waals surface area contributed by atoms with Crippen molar-refractivity contribution < 1.29 is 0 Å². The van der Waals surface area contributed by atoms with Crippen molar-refractivity contribution in [3.63, 3.8) is 0 Å². The molecule has 5 heteroatoms. The molecule has 0 saturated heterocycles. The van der Waals surface area contributed by atoms with Crippen LogP contribution in [0.4, 0.5) is 5.82 Å². The van der Waals surface area contributed by atoms with Gasteiger partial charge in [0.1, 0.15) is 5.82 Å². The summed E-state index contributed by atoms with van der Waals surface area (Å²) in [6.07, 6.45) is 2.18. The number of hydrogen-bond donors (Lipinski definition) is 1. The fourth-order valence-corrected chi connectivity index (χ4v) is 2.04. The summed E-state index contributed by atoms with van der Waals surface area (Å²) in [4.78, 5) is 0. The maximum absolute atomic E-state index is 4.62. The third-order valence-electron chi connectivity index (χ3n) is 3.27. The third kappa shape index (κ3) is 2.85. The second-order valence-electron chi connectivity index (χ2n) is 5.92. The number of hydrogen-bond acceptors (Lipinski definition) is 4. The number of nitrogens with zero attached hydrogens (tertiary/aromatic N) is 4. The number of rotatable bonds is 4. The van der Waals surface area contributed by atoms with Crippen molar-refractivity contribution in [3.8, 4) is 0 Å². The molecule has 5 nitrogen and oxygen atoms in total. The lowest BCUT2D eigenvalue weighted by molar-refractivity contribution is 0.526. The Morgan fingerprint density at radius 2 is 1.84 bits per heavy atom. The van der Waals surface area contributed by atoms with Crippen LogP contribution in [0.15, 0.2) is 12.1 Å². The molecular formula is C14H23N5. The number of fused-ring (bicyclic) bond motifs is 1. The highest BCUT2D eigenvalue weighted by Gasteiger charge is 2.21. The van der Waals surface area contributed by atoms with Crippen LogP contribution >= 0.6 is 0 Å². The van der Waals surface area contributed by atoms with Gasteiger partial charge in [-0.2, -0.15) is 4.52 Å². The van der Waals surface area contributed by atoms with Crippen LogP contribution in [-0.2, 0) is 5.41 Å². The zero-order valence-electron chi connectivity index (χ0n) is 12.4. The first-order valence-electron chi connectivity index (χ1n) is 6.95. The van der Waals surface area contributed by atoms with Crippen LogP contribution in [0.25, 0.3) is 5.65 Å². The smallest absolute Gasteiger partial charge is 0.178 e. The van der Waals surface area contributed by atoms with Crippen molar-refractivity contribution in [1.29, 1.82) is 0 Å². The second kappa shape index (κ2) is 5.15. The Bertz CT molecular complexity index is 548. The summed E-state index contributed by atoms with van der Waals surface area (Å²) in [6, 6.07) is 4.38. The van der Waals surface area contributed by atoms with Crippen LogP contribution in [0.1, 0.15) is 53.3 Å². The van der Waals surface area contributed by atoms with Gasteiger partial charge >= 0.3 is 0 Å². The first-order chi connectivity index (χ1) is 8.95. The molecule has 0 aromatic carbocycles. The van der Waals surface area contributed by atoms with E-state index in [0.29, 0.717) is 6.04 Å². The number of nitrogens with one attached hydrogen (secondary N) is 1. The summed E-state index contributed by atoms with van der Waals surface area (Å²) in [6.45, 7) is 10.7. The van der Waals surface area contributed by atoms with E-state index in [4.69, 9.17) is 0 Å². The third-order valence-corrected chi connectivity index (χ3v) is 3.27. The molecule has 0 saturated carbocycles. The number of anilines is 1. The lowest BCUT2D eigenvalue weighted by atomic mass is 9.96. The van der Waals surface area contributed by atoms with E-state index < -0.39 is 0 Å². The molecule has 2 aromatic rings. The molecule has 2 heterocycles. The first kappa shape index (κ1) is 13.8. The Morgan fingerprint density at radius 3 is 2.42 bits per heavy atom. The topological polar surface area (TPSA) is 55.1 Å². The fourth-order valence-electron chi connectivity index (χ4n) is 2.04. The molecule has 0 unspecified atom stereocenters. The van der Waals surface area contributed by atoms with Gasteiger partial charge in [0.25, 0.3) is 0 Å². The van der Waals surface area contributed by atoms with Gasteiger partial charge in [0.15, 0.2) is 11.5 Å². The maximum Gasteiger partial charge on any atom is 0.178 e. The van der Waals surface area contributed by atoms with Crippen LogP contribution in [-0.4, -0.2) is 25.9 Å². The van der Waals surface area contributed by atoms with Crippen LogP contribution in [0, 0.1) is 0 Å². The average Bonchev–Trinajstić information content (AvgIpc) is 2.78. The van der Waals surface area contributed by atoms with E-state index in [1.54, 1.807) is 0 Å². The minimum absolute atomic E-state index is 0.0695. The van der Waals surface area contributed by atoms with Gasteiger partial charge in [-0.05, 0) is 25.0 Å². The van der Waals surface area contributed by atoms with Crippen molar-refractivity contribution in [2.45, 2.75) is 58.9 Å². The van der Waals surface area contributed by atoms with Gasteiger partial charge in [0.2, 0.25) is 0 Å². The standard InChI is InChI=1S/C14H23N5/c1-6-10(7-2)15-11-8-9-12-16-17-13(14(3,4)5)19(12)18-11/h8-10H,6-7H2,1-5H3,(H,15,18). The zero-order valence-corrected chi connectivity index (χ0v) is 12.4. The van der Waals surface area contributed by atoms with Gasteiger partial charge in [-0.25, -0.2) is 0 Å². The van der Waals surface area contributed by atoms with E-state index in [1.165, 1.54) is 0 Å². The van der Waals surface area contributed by atoms with Crippen molar-refractivity contribution in [2.75, 3.05) is 5.32 Å². The van der Waals surface area contributed by atoms with Gasteiger partial charge in [-0.1, -0.05) is 34.6 Å². The normalized spacial score (nSPS) is 12.3. The molecule has 0 aliphatic rings. The summed E-state index contributed by atoms with van der Waals surface area (Å²) in [5.74, 6) is 1.77. The Balaban J connectivity index is 2.38. The zero-order chi connectivity index (χ0) is 14.0. The van der Waals surface area contributed by atoms with Gasteiger partial charge in [0, 0.05) is 11.5 Å². The van der Waals surface area contributed by atoms with Crippen molar-refractivity contribution in [1.82, 2.24) is 19.8 Å². The van der Waals surface area contributed by atoms with Crippen LogP contribution in [0.5, 0.6) is 0 Å². The molecule has 2 aromatic heterocycles. The molecule has 0 atom stereocenters. The monoisotopic (exact) mass is 261 g/mol. The van der Waals surface area contributed by atoms with E-state index in [9.17, 15) is 0 Å². The SMILES string of the molecule is CCC(CC)Nc1ccc2nnc(C(C)(C)C)n2n1. The largest absolute Gasteiger partial charge is 0.366 e. The Morgan fingerprint density at radius 1 is 1.16 bits per heavy atom. The summed E-state index contributed by atoms with van der Waals surface area (Å²) in [5, 5.41) is 16.5. The number of aromatic nitrogens is 4. The highest BCUT2D eigenvalue weighted by Crippen LogP contribution is 2.21. The summed E-state index contributed by atoms with van der Waals surface area (Å²) < 4.78 is 1.84. The van der Waals surface area contributed by atoms with Gasteiger partial charge in [0.05, 0.1) is 0 Å². The van der Waals surface area contributed by atoms with Crippen molar-refractivity contribution in [3.05, 3.63) is 18.0 Å². The molecule has 0 radical (unpaired) electrons. The molecular weight excluding hydrogens is 238 g/mol. The van der Waals surface area contributed by atoms with E-state index in [2.05, 4.69) is 55.2 Å². The minimum Gasteiger partial charge on any atom is -0.366 e. The first-order valence-corrected chi connectivity index (χ1v) is 6.95. The molecule has 104 valence electrons. The van der Waals surface area contributed by atoms with E-state index in [0.717, 1.165) is 30.1 Å². The molecule has 0 fully saturated rings. The molecule has 0 aliphatic heterocycles. The molecule has 19 heavy (non-hydrogen) atoms. The van der Waals surface area contributed by atoms with Crippen molar-refractivity contribution in [2.24, 2.45) is 0 Å². The lowest BCUT2D eigenvalue weighted by Gasteiger charge is -2.17. The fraction of sp³-hybridized carbons (Fsp3) is 0.643. The molecule has 1 N–H and O–H groups in total. The predicted molar refractivity (Wildman–Crippen MR) is 77.5 cm³/mol. The average molecular weight is 261 g/mol. The Labute approximate surface area is 114 Å². The Kier molecular flexibility index (Phi) is 3.73. The van der Waals surface area contributed by atoms with E-state index in [1.807, 2.05) is 16.6 Å². The van der Waals surface area contributed by atoms with E-state index >= 15 is 0 Å². The molecule has 0 amide bonds. The van der Waals surface area contributed by atoms with Gasteiger partial charge < -0.3 is 5.32 Å². The van der Waals surface area contributed by atoms with Gasteiger partial charge in [-0.15, -0.1) is 15.3 Å². The van der Waals surface area contributed by atoms with Crippen LogP contribution in [0.2, 0.25) is 0 Å². The Hall–Kier alpha value is -1.65. The van der Waals surface area contributed by atoms with Crippen LogP contribution < -0.4 is 5.32 Å². The minimum atomic E-state index is -0.0695. The summed E-state index contributed by atoms with van der Waals surface area (Å²) in [5.41, 5.74) is 0.722. The molecule has 2 rings (SSSR count).